The highest BCUT2D eigenvalue weighted by Gasteiger charge is 2.15. The number of rotatable bonds is 7. The van der Waals surface area contributed by atoms with Crippen LogP contribution in [0.3, 0.4) is 0 Å². The number of ether oxygens (including phenoxy) is 3. The van der Waals surface area contributed by atoms with Crippen LogP contribution in [0.25, 0.3) is 0 Å². The van der Waals surface area contributed by atoms with Crippen molar-refractivity contribution in [3.8, 4) is 0 Å². The van der Waals surface area contributed by atoms with Crippen molar-refractivity contribution in [2.75, 3.05) is 26.4 Å². The molecule has 0 aromatic rings. The molecule has 0 heterocycles. The van der Waals surface area contributed by atoms with E-state index < -0.39 is 5.60 Å². The second-order valence-electron chi connectivity index (χ2n) is 4.00. The van der Waals surface area contributed by atoms with Gasteiger partial charge in [-0.15, -0.1) is 6.58 Å². The molecule has 0 aromatic carbocycles. The Hall–Kier alpha value is -0.870. The highest BCUT2D eigenvalue weighted by atomic mass is 16.6. The quantitative estimate of drug-likeness (QED) is 0.368. The van der Waals surface area contributed by atoms with Crippen LogP contribution in [-0.2, 0) is 19.0 Å². The van der Waals surface area contributed by atoms with Gasteiger partial charge in [-0.1, -0.05) is 6.08 Å². The molecule has 0 saturated carbocycles. The molecule has 0 aliphatic rings. The van der Waals surface area contributed by atoms with E-state index in [1.807, 2.05) is 20.8 Å². The summed E-state index contributed by atoms with van der Waals surface area (Å²) in [5.41, 5.74) is -0.459. The summed E-state index contributed by atoms with van der Waals surface area (Å²) < 4.78 is 15.2. The van der Waals surface area contributed by atoms with Crippen molar-refractivity contribution >= 4 is 5.97 Å². The maximum Gasteiger partial charge on any atom is 0.332 e. The molecule has 4 heteroatoms. The van der Waals surface area contributed by atoms with E-state index in [0.29, 0.717) is 19.8 Å². The fraction of sp³-hybridized carbons (Fsp3) is 0.727. The molecular formula is C11H20O4. The van der Waals surface area contributed by atoms with Crippen LogP contribution in [-0.4, -0.2) is 38.0 Å². The Kier molecular flexibility index (Phi) is 6.99. The lowest BCUT2D eigenvalue weighted by Gasteiger charge is -2.19. The van der Waals surface area contributed by atoms with Gasteiger partial charge in [-0.2, -0.15) is 0 Å². The summed E-state index contributed by atoms with van der Waals surface area (Å²) >= 11 is 0. The van der Waals surface area contributed by atoms with E-state index in [2.05, 4.69) is 6.58 Å². The van der Waals surface area contributed by atoms with E-state index in [4.69, 9.17) is 14.2 Å². The first-order chi connectivity index (χ1) is 6.95. The third kappa shape index (κ3) is 11.1. The van der Waals surface area contributed by atoms with Gasteiger partial charge in [0.25, 0.3) is 0 Å². The van der Waals surface area contributed by atoms with E-state index in [0.717, 1.165) is 0 Å². The molecule has 0 aliphatic carbocycles. The first kappa shape index (κ1) is 14.1. The molecule has 0 spiro atoms. The minimum absolute atomic E-state index is 0.0330. The van der Waals surface area contributed by atoms with Crippen molar-refractivity contribution in [3.63, 3.8) is 0 Å². The second-order valence-corrected chi connectivity index (χ2v) is 4.00. The molecule has 88 valence electrons. The molecule has 0 atom stereocenters. The first-order valence-electron chi connectivity index (χ1n) is 4.94. The highest BCUT2D eigenvalue weighted by molar-refractivity contribution is 5.71. The Labute approximate surface area is 91.2 Å². The van der Waals surface area contributed by atoms with Gasteiger partial charge >= 0.3 is 5.97 Å². The van der Waals surface area contributed by atoms with E-state index >= 15 is 0 Å². The average Bonchev–Trinajstić information content (AvgIpc) is 2.08. The van der Waals surface area contributed by atoms with Gasteiger partial charge in [-0.25, -0.2) is 4.79 Å². The Bertz CT molecular complexity index is 193. The lowest BCUT2D eigenvalue weighted by molar-refractivity contribution is -0.160. The van der Waals surface area contributed by atoms with Crippen molar-refractivity contribution < 1.29 is 19.0 Å². The summed E-state index contributed by atoms with van der Waals surface area (Å²) in [6.07, 6.45) is 1.66. The zero-order chi connectivity index (χ0) is 11.7. The first-order valence-corrected chi connectivity index (χ1v) is 4.94. The third-order valence-electron chi connectivity index (χ3n) is 1.25. The van der Waals surface area contributed by atoms with Gasteiger partial charge in [-0.3, -0.25) is 0 Å². The Balaban J connectivity index is 3.36. The fourth-order valence-corrected chi connectivity index (χ4v) is 0.811. The number of carbonyl (C=O) groups is 1. The maximum absolute atomic E-state index is 11.1. The average molecular weight is 216 g/mol. The van der Waals surface area contributed by atoms with Crippen LogP contribution in [0.1, 0.15) is 20.8 Å². The Morgan fingerprint density at radius 1 is 1.27 bits per heavy atom. The van der Waals surface area contributed by atoms with Gasteiger partial charge < -0.3 is 14.2 Å². The van der Waals surface area contributed by atoms with Crippen molar-refractivity contribution in [1.82, 2.24) is 0 Å². The smallest absolute Gasteiger partial charge is 0.332 e. The minimum atomic E-state index is -0.459. The van der Waals surface area contributed by atoms with Crippen LogP contribution in [0.15, 0.2) is 12.7 Å². The summed E-state index contributed by atoms with van der Waals surface area (Å²) in [4.78, 5) is 11.1. The number of hydrogen-bond donors (Lipinski definition) is 0. The molecule has 0 N–H and O–H groups in total. The molecule has 0 aromatic heterocycles. The van der Waals surface area contributed by atoms with Crippen LogP contribution in [0.2, 0.25) is 0 Å². The number of esters is 1. The van der Waals surface area contributed by atoms with Gasteiger partial charge in [0.2, 0.25) is 0 Å². The van der Waals surface area contributed by atoms with Crippen molar-refractivity contribution in [2.24, 2.45) is 0 Å². The van der Waals surface area contributed by atoms with Crippen LogP contribution in [0.4, 0.5) is 0 Å². The summed E-state index contributed by atoms with van der Waals surface area (Å²) in [5, 5.41) is 0. The van der Waals surface area contributed by atoms with Crippen molar-refractivity contribution in [2.45, 2.75) is 26.4 Å². The molecule has 0 fully saturated rings. The minimum Gasteiger partial charge on any atom is -0.458 e. The Morgan fingerprint density at radius 3 is 2.40 bits per heavy atom. The SMILES string of the molecule is C=CCOCCOCC(=O)OC(C)(C)C. The lowest BCUT2D eigenvalue weighted by Crippen LogP contribution is -2.27. The largest absolute Gasteiger partial charge is 0.458 e. The number of hydrogen-bond acceptors (Lipinski definition) is 4. The van der Waals surface area contributed by atoms with Gasteiger partial charge in [-0.05, 0) is 20.8 Å². The molecule has 0 aliphatic heterocycles. The number of carbonyl (C=O) groups excluding carboxylic acids is 1. The van der Waals surface area contributed by atoms with E-state index in [-0.39, 0.29) is 12.6 Å². The highest BCUT2D eigenvalue weighted by Crippen LogP contribution is 2.06. The maximum atomic E-state index is 11.1. The molecule has 0 bridgehead atoms. The third-order valence-corrected chi connectivity index (χ3v) is 1.25. The molecule has 0 saturated heterocycles. The molecule has 0 radical (unpaired) electrons. The van der Waals surface area contributed by atoms with Gasteiger partial charge in [0.15, 0.2) is 0 Å². The summed E-state index contributed by atoms with van der Waals surface area (Å²) in [6, 6.07) is 0. The topological polar surface area (TPSA) is 44.8 Å². The lowest BCUT2D eigenvalue weighted by atomic mass is 10.2. The predicted molar refractivity (Wildman–Crippen MR) is 57.7 cm³/mol. The zero-order valence-electron chi connectivity index (χ0n) is 9.75. The van der Waals surface area contributed by atoms with E-state index in [1.165, 1.54) is 0 Å². The summed E-state index contributed by atoms with van der Waals surface area (Å²) in [5.74, 6) is -0.355. The van der Waals surface area contributed by atoms with E-state index in [1.54, 1.807) is 6.08 Å². The van der Waals surface area contributed by atoms with E-state index in [9.17, 15) is 4.79 Å². The summed E-state index contributed by atoms with van der Waals surface area (Å²) in [7, 11) is 0. The standard InChI is InChI=1S/C11H20O4/c1-5-6-13-7-8-14-9-10(12)15-11(2,3)4/h5H,1,6-9H2,2-4H3. The molecule has 0 amide bonds. The second kappa shape index (κ2) is 7.43. The molecular weight excluding hydrogens is 196 g/mol. The molecule has 0 unspecified atom stereocenters. The van der Waals surface area contributed by atoms with Crippen LogP contribution in [0.5, 0.6) is 0 Å². The van der Waals surface area contributed by atoms with Crippen LogP contribution >= 0.6 is 0 Å². The van der Waals surface area contributed by atoms with Crippen molar-refractivity contribution in [3.05, 3.63) is 12.7 Å². The predicted octanol–water partition coefficient (Wildman–Crippen LogP) is 1.55. The van der Waals surface area contributed by atoms with Gasteiger partial charge in [0.1, 0.15) is 12.2 Å². The molecule has 0 rings (SSSR count). The van der Waals surface area contributed by atoms with Gasteiger partial charge in [0.05, 0.1) is 19.8 Å². The fourth-order valence-electron chi connectivity index (χ4n) is 0.811. The zero-order valence-corrected chi connectivity index (χ0v) is 9.75. The normalized spacial score (nSPS) is 11.1. The molecule has 4 nitrogen and oxygen atoms in total. The Morgan fingerprint density at radius 2 is 1.87 bits per heavy atom. The van der Waals surface area contributed by atoms with Crippen molar-refractivity contribution in [1.29, 1.82) is 0 Å². The monoisotopic (exact) mass is 216 g/mol. The molecule has 15 heavy (non-hydrogen) atoms. The van der Waals surface area contributed by atoms with Gasteiger partial charge in [0, 0.05) is 0 Å². The van der Waals surface area contributed by atoms with Crippen LogP contribution < -0.4 is 0 Å². The summed E-state index contributed by atoms with van der Waals surface area (Å²) in [6.45, 7) is 10.3. The van der Waals surface area contributed by atoms with Crippen LogP contribution in [0, 0.1) is 0 Å².